The Morgan fingerprint density at radius 3 is 2.65 bits per heavy atom. The van der Waals surface area contributed by atoms with Crippen molar-refractivity contribution < 1.29 is 14.3 Å². The van der Waals surface area contributed by atoms with Gasteiger partial charge in [-0.05, 0) is 36.2 Å². The minimum Gasteiger partial charge on any atom is -0.383 e. The van der Waals surface area contributed by atoms with Crippen molar-refractivity contribution in [3.8, 4) is 0 Å². The highest BCUT2D eigenvalue weighted by atomic mass is 35.5. The molecule has 2 aromatic carbocycles. The third-order valence-electron chi connectivity index (χ3n) is 6.66. The van der Waals surface area contributed by atoms with Gasteiger partial charge in [-0.15, -0.1) is 0 Å². The van der Waals surface area contributed by atoms with Crippen LogP contribution in [0.25, 0.3) is 10.9 Å². The fourth-order valence-electron chi connectivity index (χ4n) is 5.05. The number of carbonyl (C=O) groups excluding carboxylic acids is 2. The quantitative estimate of drug-likeness (QED) is 0.679. The van der Waals surface area contributed by atoms with Gasteiger partial charge < -0.3 is 19.5 Å². The number of aromatic nitrogens is 1. The number of piperazine rings is 1. The summed E-state index contributed by atoms with van der Waals surface area (Å²) in [4.78, 5) is 33.8. The van der Waals surface area contributed by atoms with Crippen molar-refractivity contribution in [3.05, 3.63) is 70.4 Å². The number of para-hydroxylation sites is 1. The molecule has 6 nitrogen and oxygen atoms in total. The van der Waals surface area contributed by atoms with E-state index in [-0.39, 0.29) is 24.3 Å². The average molecular weight is 438 g/mol. The summed E-state index contributed by atoms with van der Waals surface area (Å²) in [6.07, 6.45) is 0. The van der Waals surface area contributed by atoms with Gasteiger partial charge in [0.2, 0.25) is 5.91 Å². The fraction of sp³-hybridized carbons (Fsp3) is 0.333. The molecule has 0 bridgehead atoms. The van der Waals surface area contributed by atoms with Crippen LogP contribution >= 0.6 is 11.6 Å². The summed E-state index contributed by atoms with van der Waals surface area (Å²) < 4.78 is 5.16. The number of nitrogens with one attached hydrogen (secondary N) is 1. The van der Waals surface area contributed by atoms with Crippen molar-refractivity contribution in [1.82, 2.24) is 14.8 Å². The predicted octanol–water partition coefficient (Wildman–Crippen LogP) is 3.50. The van der Waals surface area contributed by atoms with Crippen LogP contribution in [0.15, 0.2) is 48.5 Å². The topological polar surface area (TPSA) is 65.6 Å². The normalized spacial score (nSPS) is 23.3. The Kier molecular flexibility index (Phi) is 4.79. The van der Waals surface area contributed by atoms with Crippen molar-refractivity contribution in [2.45, 2.75) is 18.4 Å². The predicted molar refractivity (Wildman–Crippen MR) is 119 cm³/mol. The molecule has 2 amide bonds. The number of benzene rings is 2. The standard InChI is InChI=1S/C24H24ClN3O3/c1-24-22-21(17-5-3-4-6-19(17)26-22)18(15-7-9-16(25)10-8-15)13-28(24)20(29)14-27(23(24)30)11-12-31-2/h3-10,18,26H,11-14H2,1-2H3. The zero-order chi connectivity index (χ0) is 21.8. The van der Waals surface area contributed by atoms with Crippen LogP contribution in [0.3, 0.4) is 0 Å². The summed E-state index contributed by atoms with van der Waals surface area (Å²) in [7, 11) is 1.59. The first kappa shape index (κ1) is 20.1. The van der Waals surface area contributed by atoms with Gasteiger partial charge >= 0.3 is 0 Å². The van der Waals surface area contributed by atoms with Crippen LogP contribution in [0.1, 0.15) is 29.7 Å². The number of hydrogen-bond acceptors (Lipinski definition) is 3. The molecule has 31 heavy (non-hydrogen) atoms. The first-order valence-corrected chi connectivity index (χ1v) is 10.8. The van der Waals surface area contributed by atoms with E-state index in [9.17, 15) is 9.59 Å². The summed E-state index contributed by atoms with van der Waals surface area (Å²) in [6.45, 7) is 3.15. The summed E-state index contributed by atoms with van der Waals surface area (Å²) in [5.74, 6) is -0.188. The van der Waals surface area contributed by atoms with E-state index in [0.717, 1.165) is 27.7 Å². The number of amides is 2. The van der Waals surface area contributed by atoms with Crippen molar-refractivity contribution >= 4 is 34.3 Å². The summed E-state index contributed by atoms with van der Waals surface area (Å²) >= 11 is 6.13. The van der Waals surface area contributed by atoms with E-state index in [2.05, 4.69) is 11.1 Å². The largest absolute Gasteiger partial charge is 0.383 e. The summed E-state index contributed by atoms with van der Waals surface area (Å²) in [6, 6.07) is 15.8. The number of fused-ring (bicyclic) bond motifs is 5. The highest BCUT2D eigenvalue weighted by Gasteiger charge is 2.56. The van der Waals surface area contributed by atoms with E-state index in [1.807, 2.05) is 49.4 Å². The molecule has 1 aromatic heterocycles. The van der Waals surface area contributed by atoms with Gasteiger partial charge in [0.05, 0.1) is 18.8 Å². The van der Waals surface area contributed by atoms with Crippen molar-refractivity contribution in [3.63, 3.8) is 0 Å². The minimum absolute atomic E-state index is 0.0542. The van der Waals surface area contributed by atoms with Crippen molar-refractivity contribution in [2.24, 2.45) is 0 Å². The van der Waals surface area contributed by atoms with Crippen LogP contribution in [0.4, 0.5) is 0 Å². The molecule has 1 N–H and O–H groups in total. The Morgan fingerprint density at radius 2 is 1.90 bits per heavy atom. The molecule has 2 aliphatic heterocycles. The molecule has 3 heterocycles. The van der Waals surface area contributed by atoms with E-state index in [1.54, 1.807) is 16.9 Å². The smallest absolute Gasteiger partial charge is 0.255 e. The fourth-order valence-corrected chi connectivity index (χ4v) is 5.18. The third kappa shape index (κ3) is 2.97. The second-order valence-electron chi connectivity index (χ2n) is 8.36. The molecule has 0 aliphatic carbocycles. The number of carbonyl (C=O) groups is 2. The molecule has 1 saturated heterocycles. The van der Waals surface area contributed by atoms with Gasteiger partial charge in [-0.25, -0.2) is 0 Å². The van der Waals surface area contributed by atoms with E-state index in [0.29, 0.717) is 24.7 Å². The van der Waals surface area contributed by atoms with E-state index >= 15 is 0 Å². The highest BCUT2D eigenvalue weighted by Crippen LogP contribution is 2.48. The molecule has 3 aromatic rings. The number of aromatic amines is 1. The molecular weight excluding hydrogens is 414 g/mol. The average Bonchev–Trinajstić information content (AvgIpc) is 3.17. The maximum atomic E-state index is 13.7. The van der Waals surface area contributed by atoms with Gasteiger partial charge in [0.1, 0.15) is 0 Å². The Morgan fingerprint density at radius 1 is 1.16 bits per heavy atom. The Labute approximate surface area is 185 Å². The first-order valence-electron chi connectivity index (χ1n) is 10.4. The number of nitrogens with zero attached hydrogens (tertiary/aromatic N) is 2. The molecule has 5 rings (SSSR count). The lowest BCUT2D eigenvalue weighted by molar-refractivity contribution is -0.166. The number of ether oxygens (including phenoxy) is 1. The number of methoxy groups -OCH3 is 1. The molecule has 1 fully saturated rings. The van der Waals surface area contributed by atoms with Gasteiger partial charge in [0.15, 0.2) is 5.54 Å². The van der Waals surface area contributed by atoms with Crippen LogP contribution in [-0.2, 0) is 19.9 Å². The van der Waals surface area contributed by atoms with E-state index in [4.69, 9.17) is 16.3 Å². The second kappa shape index (κ2) is 7.39. The lowest BCUT2D eigenvalue weighted by Gasteiger charge is -2.51. The van der Waals surface area contributed by atoms with Crippen LogP contribution in [-0.4, -0.2) is 59.9 Å². The molecule has 7 heteroatoms. The second-order valence-corrected chi connectivity index (χ2v) is 8.80. The summed E-state index contributed by atoms with van der Waals surface area (Å²) in [5, 5.41) is 1.74. The van der Waals surface area contributed by atoms with Crippen LogP contribution < -0.4 is 0 Å². The lowest BCUT2D eigenvalue weighted by Crippen LogP contribution is -2.67. The van der Waals surface area contributed by atoms with Crippen LogP contribution in [0, 0.1) is 0 Å². The van der Waals surface area contributed by atoms with Crippen LogP contribution in [0.2, 0.25) is 5.02 Å². The van der Waals surface area contributed by atoms with Gasteiger partial charge in [-0.2, -0.15) is 0 Å². The lowest BCUT2D eigenvalue weighted by atomic mass is 9.76. The number of H-pyrrole nitrogens is 1. The molecule has 0 saturated carbocycles. The molecule has 160 valence electrons. The van der Waals surface area contributed by atoms with E-state index < -0.39 is 5.54 Å². The highest BCUT2D eigenvalue weighted by molar-refractivity contribution is 6.30. The third-order valence-corrected chi connectivity index (χ3v) is 6.91. The number of hydrogen-bond donors (Lipinski definition) is 1. The Balaban J connectivity index is 1.72. The zero-order valence-corrected chi connectivity index (χ0v) is 18.3. The van der Waals surface area contributed by atoms with Gasteiger partial charge in [-0.1, -0.05) is 41.9 Å². The molecule has 2 aliphatic rings. The zero-order valence-electron chi connectivity index (χ0n) is 17.5. The minimum atomic E-state index is -1.08. The number of rotatable bonds is 4. The molecule has 2 atom stereocenters. The SMILES string of the molecule is COCCN1CC(=O)N2CC(c3ccc(Cl)cc3)c3c([nH]c4ccccc34)C2(C)C1=O. The molecule has 0 radical (unpaired) electrons. The number of halogens is 1. The monoisotopic (exact) mass is 437 g/mol. The van der Waals surface area contributed by atoms with Gasteiger partial charge in [-0.3, -0.25) is 9.59 Å². The molecular formula is C24H24ClN3O3. The van der Waals surface area contributed by atoms with Gasteiger partial charge in [0.25, 0.3) is 5.91 Å². The Hall–Kier alpha value is -2.83. The van der Waals surface area contributed by atoms with Gasteiger partial charge in [0, 0.05) is 42.0 Å². The first-order chi connectivity index (χ1) is 14.9. The maximum absolute atomic E-state index is 13.7. The van der Waals surface area contributed by atoms with E-state index in [1.165, 1.54) is 0 Å². The van der Waals surface area contributed by atoms with Crippen molar-refractivity contribution in [2.75, 3.05) is 33.4 Å². The summed E-state index contributed by atoms with van der Waals surface area (Å²) in [5.41, 5.74) is 2.82. The maximum Gasteiger partial charge on any atom is 0.255 e. The molecule has 0 spiro atoms. The van der Waals surface area contributed by atoms with Crippen LogP contribution in [0.5, 0.6) is 0 Å². The molecule has 2 unspecified atom stereocenters. The van der Waals surface area contributed by atoms with Crippen molar-refractivity contribution in [1.29, 1.82) is 0 Å². The Bertz CT molecular complexity index is 1170.